The molecular formula is C12H21N3O2. The van der Waals surface area contributed by atoms with E-state index in [1.165, 1.54) is 0 Å². The van der Waals surface area contributed by atoms with Crippen molar-refractivity contribution >= 4 is 0 Å². The van der Waals surface area contributed by atoms with Crippen molar-refractivity contribution in [3.8, 4) is 0 Å². The van der Waals surface area contributed by atoms with Gasteiger partial charge in [-0.1, -0.05) is 13.8 Å². The molecule has 2 unspecified atom stereocenters. The van der Waals surface area contributed by atoms with E-state index in [2.05, 4.69) is 24.3 Å². The molecule has 17 heavy (non-hydrogen) atoms. The van der Waals surface area contributed by atoms with Crippen LogP contribution in [0.25, 0.3) is 0 Å². The van der Waals surface area contributed by atoms with Crippen molar-refractivity contribution in [2.75, 3.05) is 6.61 Å². The fourth-order valence-corrected chi connectivity index (χ4v) is 2.21. The van der Waals surface area contributed by atoms with Crippen molar-refractivity contribution in [3.63, 3.8) is 0 Å². The molecular weight excluding hydrogens is 218 g/mol. The normalized spacial score (nSPS) is 26.8. The molecule has 0 aliphatic heterocycles. The van der Waals surface area contributed by atoms with Gasteiger partial charge in [0.25, 0.3) is 0 Å². The van der Waals surface area contributed by atoms with Crippen LogP contribution in [-0.4, -0.2) is 38.7 Å². The lowest BCUT2D eigenvalue weighted by Crippen LogP contribution is -2.59. The van der Waals surface area contributed by atoms with E-state index in [-0.39, 0.29) is 18.1 Å². The summed E-state index contributed by atoms with van der Waals surface area (Å²) in [7, 11) is 0. The van der Waals surface area contributed by atoms with E-state index in [0.717, 1.165) is 18.5 Å². The smallest absolute Gasteiger partial charge is 0.0640 e. The van der Waals surface area contributed by atoms with Crippen LogP contribution in [0.2, 0.25) is 0 Å². The van der Waals surface area contributed by atoms with Crippen LogP contribution in [0, 0.1) is 5.41 Å². The van der Waals surface area contributed by atoms with Gasteiger partial charge in [-0.3, -0.25) is 4.68 Å². The minimum Gasteiger partial charge on any atom is -0.394 e. The average Bonchev–Trinajstić information content (AvgIpc) is 2.72. The van der Waals surface area contributed by atoms with Crippen molar-refractivity contribution in [3.05, 3.63) is 18.0 Å². The Morgan fingerprint density at radius 2 is 2.35 bits per heavy atom. The molecule has 1 aromatic rings. The Morgan fingerprint density at radius 1 is 1.59 bits per heavy atom. The largest absolute Gasteiger partial charge is 0.394 e. The average molecular weight is 239 g/mol. The lowest BCUT2D eigenvalue weighted by atomic mass is 9.64. The molecule has 1 aromatic heterocycles. The Bertz CT molecular complexity index is 376. The topological polar surface area (TPSA) is 70.3 Å². The summed E-state index contributed by atoms with van der Waals surface area (Å²) in [6.07, 6.45) is 4.37. The van der Waals surface area contributed by atoms with Gasteiger partial charge in [0.1, 0.15) is 0 Å². The molecule has 0 saturated heterocycles. The van der Waals surface area contributed by atoms with Crippen LogP contribution >= 0.6 is 0 Å². The lowest BCUT2D eigenvalue weighted by molar-refractivity contribution is -0.0729. The standard InChI is InChI=1S/C12H21N3O2/c1-12(2)10(5-11(12)17)13-6-9-7-14-15(8-9)3-4-16/h7-8,10-11,13,16-17H,3-6H2,1-2H3. The number of aliphatic hydroxyl groups is 2. The van der Waals surface area contributed by atoms with Crippen molar-refractivity contribution in [1.29, 1.82) is 0 Å². The first kappa shape index (κ1) is 12.5. The summed E-state index contributed by atoms with van der Waals surface area (Å²) in [5, 5.41) is 26.0. The van der Waals surface area contributed by atoms with Crippen molar-refractivity contribution in [2.24, 2.45) is 5.41 Å². The van der Waals surface area contributed by atoms with Crippen molar-refractivity contribution < 1.29 is 10.2 Å². The molecule has 0 radical (unpaired) electrons. The van der Waals surface area contributed by atoms with E-state index in [9.17, 15) is 5.11 Å². The molecule has 3 N–H and O–H groups in total. The number of nitrogens with zero attached hydrogens (tertiary/aromatic N) is 2. The van der Waals surface area contributed by atoms with Gasteiger partial charge in [0.15, 0.2) is 0 Å². The summed E-state index contributed by atoms with van der Waals surface area (Å²) in [5.74, 6) is 0. The zero-order chi connectivity index (χ0) is 12.5. The highest BCUT2D eigenvalue weighted by Crippen LogP contribution is 2.40. The summed E-state index contributed by atoms with van der Waals surface area (Å²) in [5.41, 5.74) is 1.07. The van der Waals surface area contributed by atoms with E-state index in [0.29, 0.717) is 12.6 Å². The van der Waals surface area contributed by atoms with Crippen LogP contribution in [0.3, 0.4) is 0 Å². The maximum atomic E-state index is 9.63. The van der Waals surface area contributed by atoms with Crippen LogP contribution in [-0.2, 0) is 13.1 Å². The number of hydrogen-bond acceptors (Lipinski definition) is 4. The van der Waals surface area contributed by atoms with Gasteiger partial charge in [-0.15, -0.1) is 0 Å². The zero-order valence-corrected chi connectivity index (χ0v) is 10.4. The number of nitrogens with one attached hydrogen (secondary N) is 1. The fourth-order valence-electron chi connectivity index (χ4n) is 2.21. The van der Waals surface area contributed by atoms with E-state index < -0.39 is 0 Å². The molecule has 1 heterocycles. The van der Waals surface area contributed by atoms with Crippen molar-refractivity contribution in [1.82, 2.24) is 15.1 Å². The summed E-state index contributed by atoms with van der Waals surface area (Å²) >= 11 is 0. The van der Waals surface area contributed by atoms with Gasteiger partial charge < -0.3 is 15.5 Å². The number of rotatable bonds is 5. The SMILES string of the molecule is CC1(C)C(O)CC1NCc1cnn(CCO)c1. The van der Waals surface area contributed by atoms with E-state index in [1.54, 1.807) is 4.68 Å². The first-order valence-electron chi connectivity index (χ1n) is 6.07. The number of aliphatic hydroxyl groups excluding tert-OH is 2. The van der Waals surface area contributed by atoms with Gasteiger partial charge in [-0.2, -0.15) is 5.10 Å². The van der Waals surface area contributed by atoms with Gasteiger partial charge in [0.05, 0.1) is 25.5 Å². The number of aromatic nitrogens is 2. The van der Waals surface area contributed by atoms with Crippen LogP contribution in [0.15, 0.2) is 12.4 Å². The molecule has 2 atom stereocenters. The number of hydrogen-bond donors (Lipinski definition) is 3. The fraction of sp³-hybridized carbons (Fsp3) is 0.750. The Labute approximate surface area is 101 Å². The predicted molar refractivity (Wildman–Crippen MR) is 64.3 cm³/mol. The molecule has 1 saturated carbocycles. The van der Waals surface area contributed by atoms with Crippen molar-refractivity contribution in [2.45, 2.75) is 45.5 Å². The zero-order valence-electron chi connectivity index (χ0n) is 10.4. The molecule has 0 bridgehead atoms. The lowest BCUT2D eigenvalue weighted by Gasteiger charge is -2.49. The highest BCUT2D eigenvalue weighted by molar-refractivity contribution is 5.07. The van der Waals surface area contributed by atoms with Gasteiger partial charge in [-0.25, -0.2) is 0 Å². The molecule has 1 aliphatic carbocycles. The maximum Gasteiger partial charge on any atom is 0.0640 e. The second kappa shape index (κ2) is 4.76. The van der Waals surface area contributed by atoms with E-state index in [1.807, 2.05) is 12.4 Å². The third-order valence-corrected chi connectivity index (χ3v) is 3.78. The Balaban J connectivity index is 1.82. The molecule has 5 heteroatoms. The molecule has 0 spiro atoms. The quantitative estimate of drug-likeness (QED) is 0.683. The molecule has 0 amide bonds. The molecule has 1 aliphatic rings. The van der Waals surface area contributed by atoms with E-state index in [4.69, 9.17) is 5.11 Å². The third kappa shape index (κ3) is 2.51. The Kier molecular flexibility index (Phi) is 3.51. The summed E-state index contributed by atoms with van der Waals surface area (Å²) in [4.78, 5) is 0. The predicted octanol–water partition coefficient (Wildman–Crippen LogP) is 0.124. The Morgan fingerprint density at radius 3 is 2.94 bits per heavy atom. The van der Waals surface area contributed by atoms with Gasteiger partial charge in [-0.05, 0) is 6.42 Å². The van der Waals surface area contributed by atoms with Gasteiger partial charge in [0.2, 0.25) is 0 Å². The van der Waals surface area contributed by atoms with Gasteiger partial charge in [0, 0.05) is 29.8 Å². The highest BCUT2D eigenvalue weighted by Gasteiger charge is 2.46. The second-order valence-electron chi connectivity index (χ2n) is 5.34. The molecule has 1 fully saturated rings. The summed E-state index contributed by atoms with van der Waals surface area (Å²) < 4.78 is 1.73. The highest BCUT2D eigenvalue weighted by atomic mass is 16.3. The van der Waals surface area contributed by atoms with E-state index >= 15 is 0 Å². The first-order chi connectivity index (χ1) is 8.04. The third-order valence-electron chi connectivity index (χ3n) is 3.78. The van der Waals surface area contributed by atoms with Crippen LogP contribution < -0.4 is 5.32 Å². The monoisotopic (exact) mass is 239 g/mol. The van der Waals surface area contributed by atoms with Gasteiger partial charge >= 0.3 is 0 Å². The molecule has 0 aromatic carbocycles. The summed E-state index contributed by atoms with van der Waals surface area (Å²) in [6.45, 7) is 5.55. The van der Waals surface area contributed by atoms with Crippen LogP contribution in [0.1, 0.15) is 25.8 Å². The Hall–Kier alpha value is -0.910. The molecule has 5 nitrogen and oxygen atoms in total. The minimum absolute atomic E-state index is 0.0406. The van der Waals surface area contributed by atoms with Crippen LogP contribution in [0.5, 0.6) is 0 Å². The molecule has 96 valence electrons. The van der Waals surface area contributed by atoms with Crippen LogP contribution in [0.4, 0.5) is 0 Å². The first-order valence-corrected chi connectivity index (χ1v) is 6.07. The second-order valence-corrected chi connectivity index (χ2v) is 5.34. The summed E-state index contributed by atoms with van der Waals surface area (Å²) in [6, 6.07) is 0.360. The molecule has 2 rings (SSSR count). The minimum atomic E-state index is -0.197. The maximum absolute atomic E-state index is 9.63.